The lowest BCUT2D eigenvalue weighted by Gasteiger charge is -2.32. The Morgan fingerprint density at radius 3 is 1.87 bits per heavy atom. The number of fused-ring (bicyclic) bond motifs is 11. The third-order valence-corrected chi connectivity index (χ3v) is 19.1. The van der Waals surface area contributed by atoms with Gasteiger partial charge in [-0.3, -0.25) is 0 Å². The van der Waals surface area contributed by atoms with Crippen LogP contribution in [0.5, 0.6) is 0 Å². The monoisotopic (exact) mass is 823 g/mol. The number of para-hydroxylation sites is 1. The van der Waals surface area contributed by atoms with Gasteiger partial charge in [0.15, 0.2) is 8.07 Å². The number of anilines is 3. The van der Waals surface area contributed by atoms with Crippen molar-refractivity contribution in [2.75, 3.05) is 4.90 Å². The van der Waals surface area contributed by atoms with Gasteiger partial charge >= 0.3 is 0 Å². The summed E-state index contributed by atoms with van der Waals surface area (Å²) < 4.78 is 9.47. The molecular formula is C58H37NOSSi. The summed E-state index contributed by atoms with van der Waals surface area (Å²) in [4.78, 5) is 2.48. The van der Waals surface area contributed by atoms with Gasteiger partial charge in [0.2, 0.25) is 0 Å². The van der Waals surface area contributed by atoms with Gasteiger partial charge in [-0.1, -0.05) is 170 Å². The molecule has 1 aliphatic heterocycles. The standard InChI is InChI=1S/C58H37NOSSi/c1-3-18-45(19-4-1)62(46-20-5-2-6-21-46)55-33-32-50-47-22-9-11-24-52(47)60-58(50)57(55)51-31-29-44(37-56(51)62)59(43-28-30-49-48-23-10-12-25-53(48)61-54(49)36-43)42-17-13-16-40(35-42)41-27-26-38-14-7-8-15-39(38)34-41/h1-37H. The smallest absolute Gasteiger partial charge is 0.181 e. The second-order valence-corrected chi connectivity index (χ2v) is 21.2. The molecule has 0 N–H and O–H groups in total. The summed E-state index contributed by atoms with van der Waals surface area (Å²) in [7, 11) is -2.91. The highest BCUT2D eigenvalue weighted by atomic mass is 32.1. The molecule has 0 aliphatic carbocycles. The Hall–Kier alpha value is -7.50. The first kappa shape index (κ1) is 35.3. The quantitative estimate of drug-likeness (QED) is 0.155. The van der Waals surface area contributed by atoms with E-state index in [-0.39, 0.29) is 0 Å². The minimum atomic E-state index is -2.91. The maximum absolute atomic E-state index is 6.89. The molecule has 3 heterocycles. The van der Waals surface area contributed by atoms with E-state index in [1.807, 2.05) is 11.3 Å². The Morgan fingerprint density at radius 2 is 1.03 bits per heavy atom. The molecule has 0 atom stereocenters. The Kier molecular flexibility index (Phi) is 7.83. The molecular weight excluding hydrogens is 787 g/mol. The van der Waals surface area contributed by atoms with Gasteiger partial charge in [0.1, 0.15) is 11.2 Å². The molecule has 0 bridgehead atoms. The Balaban J connectivity index is 1.09. The first-order valence-electron chi connectivity index (χ1n) is 21.2. The summed E-state index contributed by atoms with van der Waals surface area (Å²) in [6.45, 7) is 0. The van der Waals surface area contributed by atoms with Crippen LogP contribution in [-0.2, 0) is 0 Å². The molecule has 1 aliphatic rings. The molecule has 0 unspecified atom stereocenters. The number of furan rings is 1. The summed E-state index contributed by atoms with van der Waals surface area (Å²) in [6.07, 6.45) is 0. The van der Waals surface area contributed by atoms with E-state index in [0.29, 0.717) is 0 Å². The minimum Gasteiger partial charge on any atom is -0.455 e. The van der Waals surface area contributed by atoms with Crippen molar-refractivity contribution in [2.24, 2.45) is 0 Å². The van der Waals surface area contributed by atoms with E-state index in [4.69, 9.17) is 4.42 Å². The maximum atomic E-state index is 6.89. The fourth-order valence-corrected chi connectivity index (χ4v) is 16.7. The van der Waals surface area contributed by atoms with Gasteiger partial charge in [-0.15, -0.1) is 11.3 Å². The Labute approximate surface area is 364 Å². The molecule has 4 heteroatoms. The molecule has 13 rings (SSSR count). The zero-order valence-corrected chi connectivity index (χ0v) is 35.4. The number of rotatable bonds is 6. The highest BCUT2D eigenvalue weighted by Gasteiger charge is 2.50. The Morgan fingerprint density at radius 1 is 0.387 bits per heavy atom. The molecule has 2 nitrogen and oxygen atoms in total. The van der Waals surface area contributed by atoms with Crippen LogP contribution in [0.15, 0.2) is 229 Å². The molecule has 0 radical (unpaired) electrons. The van der Waals surface area contributed by atoms with E-state index < -0.39 is 8.07 Å². The lowest BCUT2D eigenvalue weighted by atomic mass is 10.00. The molecule has 0 fully saturated rings. The van der Waals surface area contributed by atoms with Crippen molar-refractivity contribution in [3.8, 4) is 22.3 Å². The van der Waals surface area contributed by atoms with Crippen LogP contribution < -0.4 is 25.6 Å². The van der Waals surface area contributed by atoms with E-state index in [1.165, 1.54) is 73.9 Å². The highest BCUT2D eigenvalue weighted by molar-refractivity contribution is 7.26. The third kappa shape index (κ3) is 5.21. The largest absolute Gasteiger partial charge is 0.455 e. The summed E-state index contributed by atoms with van der Waals surface area (Å²) in [5.74, 6) is 0. The maximum Gasteiger partial charge on any atom is 0.181 e. The third-order valence-electron chi connectivity index (χ3n) is 13.1. The van der Waals surface area contributed by atoms with Gasteiger partial charge in [0.05, 0.1) is 0 Å². The first-order valence-corrected chi connectivity index (χ1v) is 24.1. The molecule has 12 aromatic rings. The molecule has 0 spiro atoms. The zero-order valence-electron chi connectivity index (χ0n) is 33.6. The molecule has 0 amide bonds. The fraction of sp³-hybridized carbons (Fsp3) is 0. The topological polar surface area (TPSA) is 16.4 Å². The molecule has 10 aromatic carbocycles. The molecule has 290 valence electrons. The van der Waals surface area contributed by atoms with E-state index in [2.05, 4.69) is 229 Å². The van der Waals surface area contributed by atoms with Crippen LogP contribution in [0.2, 0.25) is 0 Å². The van der Waals surface area contributed by atoms with Crippen LogP contribution in [0, 0.1) is 0 Å². The fourth-order valence-electron chi connectivity index (χ4n) is 10.4. The van der Waals surface area contributed by atoms with Crippen molar-refractivity contribution >= 4 is 110 Å². The van der Waals surface area contributed by atoms with E-state index >= 15 is 0 Å². The number of nitrogens with zero attached hydrogens (tertiary/aromatic N) is 1. The minimum absolute atomic E-state index is 0.918. The van der Waals surface area contributed by atoms with Crippen LogP contribution in [-0.4, -0.2) is 8.07 Å². The number of hydrogen-bond acceptors (Lipinski definition) is 3. The van der Waals surface area contributed by atoms with Crippen molar-refractivity contribution in [2.45, 2.75) is 0 Å². The highest BCUT2D eigenvalue weighted by Crippen LogP contribution is 2.44. The lowest BCUT2D eigenvalue weighted by Crippen LogP contribution is -2.72. The van der Waals surface area contributed by atoms with Crippen molar-refractivity contribution in [1.29, 1.82) is 0 Å². The van der Waals surface area contributed by atoms with Gasteiger partial charge in [-0.2, -0.15) is 0 Å². The van der Waals surface area contributed by atoms with Crippen LogP contribution in [0.4, 0.5) is 17.1 Å². The normalized spacial score (nSPS) is 13.0. The van der Waals surface area contributed by atoms with Crippen molar-refractivity contribution in [3.63, 3.8) is 0 Å². The van der Waals surface area contributed by atoms with Crippen molar-refractivity contribution < 1.29 is 4.42 Å². The van der Waals surface area contributed by atoms with E-state index in [0.717, 1.165) is 39.0 Å². The number of hydrogen-bond donors (Lipinski definition) is 0. The summed E-state index contributed by atoms with van der Waals surface area (Å²) in [5, 5.41) is 12.8. The van der Waals surface area contributed by atoms with Crippen LogP contribution in [0.1, 0.15) is 0 Å². The van der Waals surface area contributed by atoms with E-state index in [9.17, 15) is 0 Å². The number of benzene rings is 10. The SMILES string of the molecule is c1ccc([Si]2(c3ccccc3)c3cc(N(c4cccc(-c5ccc6ccccc6c5)c4)c4ccc5c(c4)sc4ccccc45)ccc3-c3c2ccc2c3oc3ccccc32)cc1. The lowest BCUT2D eigenvalue weighted by molar-refractivity contribution is 0.670. The van der Waals surface area contributed by atoms with Crippen molar-refractivity contribution in [3.05, 3.63) is 224 Å². The second-order valence-electron chi connectivity index (χ2n) is 16.4. The molecule has 62 heavy (non-hydrogen) atoms. The predicted octanol–water partition coefficient (Wildman–Crippen LogP) is 13.6. The second kappa shape index (κ2) is 13.8. The molecule has 0 saturated heterocycles. The van der Waals surface area contributed by atoms with Gasteiger partial charge in [0, 0.05) is 53.6 Å². The van der Waals surface area contributed by atoms with Crippen LogP contribution >= 0.6 is 11.3 Å². The zero-order chi connectivity index (χ0) is 40.8. The van der Waals surface area contributed by atoms with Gasteiger partial charge in [-0.25, -0.2) is 0 Å². The van der Waals surface area contributed by atoms with Gasteiger partial charge in [0.25, 0.3) is 0 Å². The van der Waals surface area contributed by atoms with Gasteiger partial charge < -0.3 is 9.32 Å². The Bertz CT molecular complexity index is 3680. The molecule has 0 saturated carbocycles. The summed E-state index contributed by atoms with van der Waals surface area (Å²) >= 11 is 1.86. The summed E-state index contributed by atoms with van der Waals surface area (Å²) in [6, 6.07) is 83.2. The average Bonchev–Trinajstić information content (AvgIpc) is 4.00. The van der Waals surface area contributed by atoms with Crippen LogP contribution in [0.25, 0.3) is 75.1 Å². The summed E-state index contributed by atoms with van der Waals surface area (Å²) in [5.41, 5.74) is 10.1. The predicted molar refractivity (Wildman–Crippen MR) is 267 cm³/mol. The number of thiophene rings is 1. The van der Waals surface area contributed by atoms with Gasteiger partial charge in [-0.05, 0) is 103 Å². The van der Waals surface area contributed by atoms with E-state index in [1.54, 1.807) is 0 Å². The average molecular weight is 824 g/mol. The first-order chi connectivity index (χ1) is 30.7. The van der Waals surface area contributed by atoms with Crippen LogP contribution in [0.3, 0.4) is 0 Å². The molecule has 2 aromatic heterocycles. The van der Waals surface area contributed by atoms with Crippen molar-refractivity contribution in [1.82, 2.24) is 0 Å².